The highest BCUT2D eigenvalue weighted by Crippen LogP contribution is 2.34. The zero-order valence-corrected chi connectivity index (χ0v) is 16.1. The molecule has 146 valence electrons. The number of carbonyl (C=O) groups is 2. The van der Waals surface area contributed by atoms with Crippen LogP contribution in [0.1, 0.15) is 46.0 Å². The number of hydrogen-bond donors (Lipinski definition) is 2. The van der Waals surface area contributed by atoms with E-state index in [0.717, 1.165) is 19.4 Å². The van der Waals surface area contributed by atoms with Gasteiger partial charge in [-0.2, -0.15) is 0 Å². The minimum atomic E-state index is -0.651. The summed E-state index contributed by atoms with van der Waals surface area (Å²) in [5, 5.41) is 8.91. The van der Waals surface area contributed by atoms with Gasteiger partial charge in [-0.15, -0.1) is 12.4 Å². The van der Waals surface area contributed by atoms with Crippen LogP contribution in [0.3, 0.4) is 0 Å². The molecule has 2 heterocycles. The van der Waals surface area contributed by atoms with Gasteiger partial charge in [0.1, 0.15) is 5.60 Å². The summed E-state index contributed by atoms with van der Waals surface area (Å²) in [6.07, 6.45) is 3.46. The number of aliphatic hydroxyl groups is 1. The molecule has 2 aliphatic heterocycles. The van der Waals surface area contributed by atoms with Crippen molar-refractivity contribution in [2.45, 2.75) is 57.6 Å². The van der Waals surface area contributed by atoms with Gasteiger partial charge in [0.25, 0.3) is 0 Å². The Morgan fingerprint density at radius 1 is 1.32 bits per heavy atom. The highest BCUT2D eigenvalue weighted by Gasteiger charge is 2.47. The Kier molecular flexibility index (Phi) is 8.44. The first-order valence-electron chi connectivity index (χ1n) is 9.07. The predicted molar refractivity (Wildman–Crippen MR) is 97.6 cm³/mol. The van der Waals surface area contributed by atoms with Gasteiger partial charge >= 0.3 is 6.09 Å². The topological polar surface area (TPSA) is 96.1 Å². The van der Waals surface area contributed by atoms with Crippen LogP contribution in [0.15, 0.2) is 0 Å². The number of carbonyl (C=O) groups excluding carboxylic acids is 2. The smallest absolute Gasteiger partial charge is 0.410 e. The van der Waals surface area contributed by atoms with Crippen LogP contribution in [0.4, 0.5) is 4.79 Å². The van der Waals surface area contributed by atoms with Crippen molar-refractivity contribution in [1.29, 1.82) is 0 Å². The number of nitrogens with two attached hydrogens (primary N) is 1. The van der Waals surface area contributed by atoms with Crippen LogP contribution in [0.25, 0.3) is 0 Å². The van der Waals surface area contributed by atoms with Crippen LogP contribution in [0.2, 0.25) is 0 Å². The van der Waals surface area contributed by atoms with Crippen molar-refractivity contribution in [1.82, 2.24) is 9.80 Å². The molecule has 0 saturated carbocycles. The van der Waals surface area contributed by atoms with Crippen LogP contribution in [0, 0.1) is 5.92 Å². The number of amides is 2. The molecule has 7 nitrogen and oxygen atoms in total. The molecule has 0 bridgehead atoms. The number of hydrogen-bond acceptors (Lipinski definition) is 5. The minimum absolute atomic E-state index is 0. The molecule has 3 N–H and O–H groups in total. The maximum atomic E-state index is 12.2. The Morgan fingerprint density at radius 2 is 1.92 bits per heavy atom. The van der Waals surface area contributed by atoms with E-state index in [1.807, 2.05) is 4.90 Å². The Labute approximate surface area is 156 Å². The van der Waals surface area contributed by atoms with E-state index in [1.165, 1.54) is 0 Å². The van der Waals surface area contributed by atoms with E-state index in [0.29, 0.717) is 38.4 Å². The number of nitrogens with zero attached hydrogens (tertiary/aromatic N) is 2. The molecule has 0 aliphatic carbocycles. The monoisotopic (exact) mass is 377 g/mol. The highest BCUT2D eigenvalue weighted by molar-refractivity contribution is 5.85. The highest BCUT2D eigenvalue weighted by atomic mass is 35.5. The molecule has 0 unspecified atom stereocenters. The van der Waals surface area contributed by atoms with Gasteiger partial charge in [0.2, 0.25) is 5.91 Å². The van der Waals surface area contributed by atoms with Crippen LogP contribution >= 0.6 is 12.4 Å². The molecule has 1 atom stereocenters. The second kappa shape index (κ2) is 9.59. The molecule has 0 aromatic heterocycles. The lowest BCUT2D eigenvalue weighted by Gasteiger charge is -2.38. The molecule has 25 heavy (non-hydrogen) atoms. The number of halogens is 1. The SMILES string of the molecule is CCC(CC)CN1CC2(CCN(C(=O)[C@@H](N)CCO)CC2)OC1=O.Cl. The fourth-order valence-electron chi connectivity index (χ4n) is 3.58. The second-order valence-electron chi connectivity index (χ2n) is 7.06. The van der Waals surface area contributed by atoms with Crippen molar-refractivity contribution < 1.29 is 19.4 Å². The maximum absolute atomic E-state index is 12.2. The zero-order valence-electron chi connectivity index (χ0n) is 15.3. The van der Waals surface area contributed by atoms with Crippen LogP contribution in [-0.2, 0) is 9.53 Å². The molecule has 2 amide bonds. The van der Waals surface area contributed by atoms with E-state index in [4.69, 9.17) is 15.6 Å². The summed E-state index contributed by atoms with van der Waals surface area (Å²) in [5.74, 6) is 0.378. The fraction of sp³-hybridized carbons (Fsp3) is 0.882. The molecule has 2 aliphatic rings. The molecule has 0 aromatic carbocycles. The van der Waals surface area contributed by atoms with E-state index in [1.54, 1.807) is 4.90 Å². The standard InChI is InChI=1S/C17H31N3O4.ClH/c1-3-13(4-2)11-20-12-17(24-16(20)23)6-8-19(9-7-17)15(22)14(18)5-10-21;/h13-14,21H,3-12,18H2,1-2H3;1H/t14-;/m0./s1. The number of piperidine rings is 1. The summed E-state index contributed by atoms with van der Waals surface area (Å²) in [6.45, 7) is 6.65. The molecule has 2 fully saturated rings. The summed E-state index contributed by atoms with van der Waals surface area (Å²) in [4.78, 5) is 28.0. The molecular formula is C17H32ClN3O4. The van der Waals surface area contributed by atoms with Gasteiger partial charge in [0.15, 0.2) is 0 Å². The fourth-order valence-corrected chi connectivity index (χ4v) is 3.58. The molecule has 0 radical (unpaired) electrons. The van der Waals surface area contributed by atoms with E-state index >= 15 is 0 Å². The molecule has 2 saturated heterocycles. The third-order valence-corrected chi connectivity index (χ3v) is 5.42. The van der Waals surface area contributed by atoms with Gasteiger partial charge in [-0.25, -0.2) is 4.79 Å². The largest absolute Gasteiger partial charge is 0.441 e. The van der Waals surface area contributed by atoms with E-state index in [-0.39, 0.29) is 37.4 Å². The third-order valence-electron chi connectivity index (χ3n) is 5.42. The van der Waals surface area contributed by atoms with Crippen molar-refractivity contribution in [3.8, 4) is 0 Å². The van der Waals surface area contributed by atoms with Gasteiger partial charge in [-0.3, -0.25) is 4.79 Å². The van der Waals surface area contributed by atoms with Gasteiger partial charge in [-0.1, -0.05) is 26.7 Å². The predicted octanol–water partition coefficient (Wildman–Crippen LogP) is 1.37. The summed E-state index contributed by atoms with van der Waals surface area (Å²) in [5.41, 5.74) is 5.33. The van der Waals surface area contributed by atoms with Gasteiger partial charge in [0.05, 0.1) is 12.6 Å². The third kappa shape index (κ3) is 5.21. The first-order chi connectivity index (χ1) is 11.4. The van der Waals surface area contributed by atoms with E-state index < -0.39 is 11.6 Å². The van der Waals surface area contributed by atoms with Crippen molar-refractivity contribution >= 4 is 24.4 Å². The summed E-state index contributed by atoms with van der Waals surface area (Å²) < 4.78 is 5.71. The first-order valence-corrected chi connectivity index (χ1v) is 9.07. The lowest BCUT2D eigenvalue weighted by Crippen LogP contribution is -2.52. The quantitative estimate of drug-likeness (QED) is 0.698. The lowest BCUT2D eigenvalue weighted by molar-refractivity contribution is -0.136. The van der Waals surface area contributed by atoms with Crippen molar-refractivity contribution in [3.63, 3.8) is 0 Å². The van der Waals surface area contributed by atoms with Crippen LogP contribution in [-0.4, -0.2) is 71.3 Å². The lowest BCUT2D eigenvalue weighted by atomic mass is 9.90. The Hall–Kier alpha value is -1.05. The van der Waals surface area contributed by atoms with Crippen molar-refractivity contribution in [2.75, 3.05) is 32.8 Å². The van der Waals surface area contributed by atoms with Crippen LogP contribution < -0.4 is 5.73 Å². The maximum Gasteiger partial charge on any atom is 0.410 e. The van der Waals surface area contributed by atoms with E-state index in [2.05, 4.69) is 13.8 Å². The number of rotatable bonds is 7. The van der Waals surface area contributed by atoms with E-state index in [9.17, 15) is 9.59 Å². The Balaban J connectivity index is 0.00000312. The molecule has 2 rings (SSSR count). The van der Waals surface area contributed by atoms with Crippen LogP contribution in [0.5, 0.6) is 0 Å². The molecular weight excluding hydrogens is 346 g/mol. The number of aliphatic hydroxyl groups excluding tert-OH is 1. The Morgan fingerprint density at radius 3 is 2.44 bits per heavy atom. The average Bonchev–Trinajstić information content (AvgIpc) is 2.88. The van der Waals surface area contributed by atoms with Crippen molar-refractivity contribution in [2.24, 2.45) is 11.7 Å². The zero-order chi connectivity index (χ0) is 17.7. The first kappa shape index (κ1) is 22.0. The minimum Gasteiger partial charge on any atom is -0.441 e. The van der Waals surface area contributed by atoms with Gasteiger partial charge in [0, 0.05) is 39.1 Å². The van der Waals surface area contributed by atoms with Gasteiger partial charge < -0.3 is 25.4 Å². The molecule has 1 spiro atoms. The summed E-state index contributed by atoms with van der Waals surface area (Å²) in [7, 11) is 0. The average molecular weight is 378 g/mol. The normalized spacial score (nSPS) is 20.6. The van der Waals surface area contributed by atoms with Crippen molar-refractivity contribution in [3.05, 3.63) is 0 Å². The number of likely N-dealkylation sites (tertiary alicyclic amines) is 1. The summed E-state index contributed by atoms with van der Waals surface area (Å²) in [6, 6.07) is -0.651. The molecule has 0 aromatic rings. The molecule has 8 heteroatoms. The van der Waals surface area contributed by atoms with Gasteiger partial charge in [-0.05, 0) is 12.3 Å². The number of ether oxygens (including phenoxy) is 1. The summed E-state index contributed by atoms with van der Waals surface area (Å²) >= 11 is 0. The second-order valence-corrected chi connectivity index (χ2v) is 7.06. The Bertz CT molecular complexity index is 451.